The van der Waals surface area contributed by atoms with Crippen LogP contribution in [0.5, 0.6) is 0 Å². The van der Waals surface area contributed by atoms with Crippen LogP contribution in [-0.4, -0.2) is 43.4 Å². The first-order valence-electron chi connectivity index (χ1n) is 9.04. The second kappa shape index (κ2) is 10.0. The summed E-state index contributed by atoms with van der Waals surface area (Å²) >= 11 is 13.1. The Hall–Kier alpha value is -1.78. The molecule has 1 aliphatic rings. The van der Waals surface area contributed by atoms with Gasteiger partial charge in [-0.25, -0.2) is 8.42 Å². The molecule has 2 aromatic carbocycles. The summed E-state index contributed by atoms with van der Waals surface area (Å²) < 4.78 is 26.7. The second-order valence-corrected chi connectivity index (χ2v) is 10.3. The molecule has 1 fully saturated rings. The molecule has 11 heteroatoms. The molecule has 30 heavy (non-hydrogen) atoms. The van der Waals surface area contributed by atoms with Crippen molar-refractivity contribution in [3.8, 4) is 0 Å². The summed E-state index contributed by atoms with van der Waals surface area (Å²) in [5.74, 6) is -1.07. The van der Waals surface area contributed by atoms with Crippen molar-refractivity contribution in [1.82, 2.24) is 15.2 Å². The van der Waals surface area contributed by atoms with Gasteiger partial charge in [-0.05, 0) is 49.2 Å². The summed E-state index contributed by atoms with van der Waals surface area (Å²) in [7, 11) is -3.63. The van der Waals surface area contributed by atoms with Crippen molar-refractivity contribution in [2.24, 2.45) is 0 Å². The van der Waals surface area contributed by atoms with E-state index >= 15 is 0 Å². The SMILES string of the molecule is O=C(CSc1cc(Cl)ccc1Cl)NNC(=O)c1cccc(S(=O)(=O)N2CCCC2)c1. The average Bonchev–Trinajstić information content (AvgIpc) is 3.28. The lowest BCUT2D eigenvalue weighted by Gasteiger charge is -2.16. The molecule has 0 saturated carbocycles. The van der Waals surface area contributed by atoms with Gasteiger partial charge in [-0.1, -0.05) is 29.3 Å². The number of carbonyl (C=O) groups is 2. The lowest BCUT2D eigenvalue weighted by molar-refractivity contribution is -0.119. The molecule has 1 saturated heterocycles. The maximum atomic E-state index is 12.6. The summed E-state index contributed by atoms with van der Waals surface area (Å²) in [6.07, 6.45) is 1.65. The first-order chi connectivity index (χ1) is 14.3. The van der Waals surface area contributed by atoms with Gasteiger partial charge in [0.05, 0.1) is 15.7 Å². The molecule has 0 aromatic heterocycles. The zero-order valence-electron chi connectivity index (χ0n) is 15.7. The minimum atomic E-state index is -3.63. The number of thioether (sulfide) groups is 1. The van der Waals surface area contributed by atoms with Crippen molar-refractivity contribution >= 4 is 56.8 Å². The maximum absolute atomic E-state index is 12.6. The molecule has 0 aliphatic carbocycles. The van der Waals surface area contributed by atoms with Crippen molar-refractivity contribution in [2.45, 2.75) is 22.6 Å². The third-order valence-electron chi connectivity index (χ3n) is 4.37. The third-order valence-corrected chi connectivity index (χ3v) is 7.99. The topological polar surface area (TPSA) is 95.6 Å². The minimum absolute atomic E-state index is 0.00369. The Morgan fingerprint density at radius 2 is 1.77 bits per heavy atom. The van der Waals surface area contributed by atoms with E-state index in [2.05, 4.69) is 10.9 Å². The number of nitrogens with one attached hydrogen (secondary N) is 2. The fourth-order valence-electron chi connectivity index (χ4n) is 2.84. The Bertz CT molecular complexity index is 1060. The van der Waals surface area contributed by atoms with E-state index in [1.54, 1.807) is 18.2 Å². The monoisotopic (exact) mass is 487 g/mol. The smallest absolute Gasteiger partial charge is 0.269 e. The van der Waals surface area contributed by atoms with E-state index in [-0.39, 0.29) is 16.2 Å². The third kappa shape index (κ3) is 5.67. The molecule has 1 heterocycles. The van der Waals surface area contributed by atoms with E-state index in [4.69, 9.17) is 23.2 Å². The Labute approximate surface area is 189 Å². The molecular weight excluding hydrogens is 469 g/mol. The highest BCUT2D eigenvalue weighted by Crippen LogP contribution is 2.29. The standard InChI is InChI=1S/C19H19Cl2N3O4S2/c20-14-6-7-16(21)17(11-14)29-12-18(25)22-23-19(26)13-4-3-5-15(10-13)30(27,28)24-8-1-2-9-24/h3-7,10-11H,1-2,8-9,12H2,(H,22,25)(H,23,26). The van der Waals surface area contributed by atoms with Gasteiger partial charge < -0.3 is 0 Å². The van der Waals surface area contributed by atoms with E-state index in [1.807, 2.05) is 0 Å². The second-order valence-electron chi connectivity index (χ2n) is 6.50. The molecule has 0 bridgehead atoms. The maximum Gasteiger partial charge on any atom is 0.269 e. The molecule has 0 atom stereocenters. The van der Waals surface area contributed by atoms with Gasteiger partial charge in [-0.3, -0.25) is 20.4 Å². The van der Waals surface area contributed by atoms with Crippen molar-refractivity contribution in [2.75, 3.05) is 18.8 Å². The highest BCUT2D eigenvalue weighted by atomic mass is 35.5. The Morgan fingerprint density at radius 1 is 1.03 bits per heavy atom. The summed E-state index contributed by atoms with van der Waals surface area (Å²) in [4.78, 5) is 25.1. The van der Waals surface area contributed by atoms with E-state index in [0.717, 1.165) is 12.8 Å². The van der Waals surface area contributed by atoms with Crippen LogP contribution in [0.1, 0.15) is 23.2 Å². The molecule has 2 aromatic rings. The predicted molar refractivity (Wildman–Crippen MR) is 117 cm³/mol. The van der Waals surface area contributed by atoms with Crippen LogP contribution in [0.3, 0.4) is 0 Å². The Balaban J connectivity index is 1.57. The van der Waals surface area contributed by atoms with E-state index in [1.165, 1.54) is 40.3 Å². The van der Waals surface area contributed by atoms with Gasteiger partial charge in [-0.15, -0.1) is 11.8 Å². The molecule has 7 nitrogen and oxygen atoms in total. The van der Waals surface area contributed by atoms with Crippen molar-refractivity contribution < 1.29 is 18.0 Å². The number of nitrogens with zero attached hydrogens (tertiary/aromatic N) is 1. The molecule has 160 valence electrons. The number of carbonyl (C=O) groups excluding carboxylic acids is 2. The predicted octanol–water partition coefficient (Wildman–Crippen LogP) is 3.33. The van der Waals surface area contributed by atoms with Crippen LogP contribution in [0.4, 0.5) is 0 Å². The number of hydrogen-bond acceptors (Lipinski definition) is 5. The molecule has 0 spiro atoms. The number of hydrogen-bond donors (Lipinski definition) is 2. The molecule has 2 N–H and O–H groups in total. The van der Waals surface area contributed by atoms with Gasteiger partial charge in [0.25, 0.3) is 5.91 Å². The fourth-order valence-corrected chi connectivity index (χ4v) is 5.70. The lowest BCUT2D eigenvalue weighted by Crippen LogP contribution is -2.42. The Morgan fingerprint density at radius 3 is 2.50 bits per heavy atom. The molecule has 2 amide bonds. The van der Waals surface area contributed by atoms with E-state index in [0.29, 0.717) is 28.0 Å². The summed E-state index contributed by atoms with van der Waals surface area (Å²) in [5, 5.41) is 0.969. The van der Waals surface area contributed by atoms with Crippen LogP contribution in [-0.2, 0) is 14.8 Å². The lowest BCUT2D eigenvalue weighted by atomic mass is 10.2. The van der Waals surface area contributed by atoms with Crippen LogP contribution in [0, 0.1) is 0 Å². The van der Waals surface area contributed by atoms with E-state index in [9.17, 15) is 18.0 Å². The van der Waals surface area contributed by atoms with E-state index < -0.39 is 21.8 Å². The highest BCUT2D eigenvalue weighted by Gasteiger charge is 2.27. The highest BCUT2D eigenvalue weighted by molar-refractivity contribution is 8.00. The summed E-state index contributed by atoms with van der Waals surface area (Å²) in [6.45, 7) is 0.951. The number of amides is 2. The first kappa shape index (κ1) is 22.9. The largest absolute Gasteiger partial charge is 0.272 e. The summed E-state index contributed by atoms with van der Waals surface area (Å²) in [5.41, 5.74) is 4.72. The first-order valence-corrected chi connectivity index (χ1v) is 12.2. The number of rotatable bonds is 6. The van der Waals surface area contributed by atoms with Crippen LogP contribution >= 0.6 is 35.0 Å². The van der Waals surface area contributed by atoms with Crippen molar-refractivity contribution in [3.05, 3.63) is 58.1 Å². The van der Waals surface area contributed by atoms with Gasteiger partial charge in [0.1, 0.15) is 0 Å². The minimum Gasteiger partial charge on any atom is -0.272 e. The molecule has 0 radical (unpaired) electrons. The number of halogens is 2. The van der Waals surface area contributed by atoms with Crippen LogP contribution in [0.25, 0.3) is 0 Å². The zero-order chi connectivity index (χ0) is 21.7. The fraction of sp³-hybridized carbons (Fsp3) is 0.263. The zero-order valence-corrected chi connectivity index (χ0v) is 18.9. The van der Waals surface area contributed by atoms with Gasteiger partial charge in [0.15, 0.2) is 0 Å². The molecular formula is C19H19Cl2N3O4S2. The summed E-state index contributed by atoms with van der Waals surface area (Å²) in [6, 6.07) is 10.7. The molecule has 3 rings (SSSR count). The van der Waals surface area contributed by atoms with Gasteiger partial charge in [0, 0.05) is 28.6 Å². The molecule has 1 aliphatic heterocycles. The van der Waals surface area contributed by atoms with Crippen molar-refractivity contribution in [3.63, 3.8) is 0 Å². The van der Waals surface area contributed by atoms with Crippen LogP contribution in [0.2, 0.25) is 10.0 Å². The van der Waals surface area contributed by atoms with Gasteiger partial charge in [0.2, 0.25) is 15.9 Å². The Kier molecular flexibility index (Phi) is 7.65. The average molecular weight is 488 g/mol. The number of sulfonamides is 1. The van der Waals surface area contributed by atoms with Crippen molar-refractivity contribution in [1.29, 1.82) is 0 Å². The van der Waals surface area contributed by atoms with Gasteiger partial charge in [-0.2, -0.15) is 4.31 Å². The van der Waals surface area contributed by atoms with Crippen LogP contribution < -0.4 is 10.9 Å². The van der Waals surface area contributed by atoms with Gasteiger partial charge >= 0.3 is 0 Å². The van der Waals surface area contributed by atoms with Crippen LogP contribution in [0.15, 0.2) is 52.3 Å². The quantitative estimate of drug-likeness (QED) is 0.481. The normalized spacial score (nSPS) is 14.5. The number of benzene rings is 2. The number of hydrazine groups is 1. The molecule has 0 unspecified atom stereocenters.